The van der Waals surface area contributed by atoms with Crippen LogP contribution in [-0.4, -0.2) is 82.1 Å². The summed E-state index contributed by atoms with van der Waals surface area (Å²) >= 11 is 3.33. The quantitative estimate of drug-likeness (QED) is 0.0322. The fraction of sp³-hybridized carbons (Fsp3) is 0.153. The number of sulfonamides is 2. The van der Waals surface area contributed by atoms with Crippen LogP contribution in [0.5, 0.6) is 0 Å². The number of hydrogen-bond donors (Lipinski definition) is 5. The molecule has 1 atom stereocenters. The summed E-state index contributed by atoms with van der Waals surface area (Å²) in [5.74, 6) is -7.72. The van der Waals surface area contributed by atoms with Crippen molar-refractivity contribution in [2.24, 2.45) is 41.4 Å². The summed E-state index contributed by atoms with van der Waals surface area (Å²) in [5.41, 5.74) is 1.71. The van der Waals surface area contributed by atoms with Crippen molar-refractivity contribution < 1.29 is 58.8 Å². The third-order valence-electron chi connectivity index (χ3n) is 14.2. The zero-order chi connectivity index (χ0) is 64.7. The maximum Gasteiger partial charge on any atom is 0.488 e. The second-order valence-electron chi connectivity index (χ2n) is 20.5. The topological polar surface area (TPSA) is 347 Å². The minimum Gasteiger partial charge on any atom is -0.423 e. The Bertz CT molecular complexity index is 4760. The van der Waals surface area contributed by atoms with Crippen LogP contribution in [0, 0.1) is 23.3 Å². The molecule has 7 heterocycles. The van der Waals surface area contributed by atoms with E-state index >= 15 is 8.78 Å². The van der Waals surface area contributed by atoms with Crippen molar-refractivity contribution in [2.45, 2.75) is 49.3 Å². The van der Waals surface area contributed by atoms with Gasteiger partial charge in [0.1, 0.15) is 34.4 Å². The average molecular weight is 1350 g/mol. The second-order valence-corrected chi connectivity index (χ2v) is 24.8. The van der Waals surface area contributed by atoms with E-state index in [0.29, 0.717) is 56.1 Å². The van der Waals surface area contributed by atoms with Crippen LogP contribution in [0.1, 0.15) is 92.2 Å². The molecular weight excluding hydrogens is 1310 g/mol. The first-order valence-corrected chi connectivity index (χ1v) is 31.7. The molecule has 0 aliphatic carbocycles. The summed E-state index contributed by atoms with van der Waals surface area (Å²) < 4.78 is 123. The number of ether oxygens (including phenoxy) is 1. The number of halogens is 5. The Labute approximate surface area is 527 Å². The van der Waals surface area contributed by atoms with Gasteiger partial charge in [0, 0.05) is 40.2 Å². The number of hydrogen-bond acceptors (Lipinski definition) is 21. The number of rotatable bonds is 17. The highest BCUT2D eigenvalue weighted by atomic mass is 79.9. The zero-order valence-corrected chi connectivity index (χ0v) is 50.6. The molecule has 3 aliphatic rings. The molecule has 4 aromatic heterocycles. The number of nitrogens with zero attached hydrogens (tertiary/aromatic N) is 13. The Morgan fingerprint density at radius 2 is 1.16 bits per heavy atom. The van der Waals surface area contributed by atoms with Crippen molar-refractivity contribution in [1.82, 2.24) is 29.9 Å². The van der Waals surface area contributed by atoms with Crippen LogP contribution >= 0.6 is 15.9 Å². The van der Waals surface area contributed by atoms with E-state index in [2.05, 4.69) is 82.5 Å². The fourth-order valence-corrected chi connectivity index (χ4v) is 12.4. The monoisotopic (exact) mass is 1350 g/mol. The van der Waals surface area contributed by atoms with Gasteiger partial charge in [-0.25, -0.2) is 49.0 Å². The highest BCUT2D eigenvalue weighted by Crippen LogP contribution is 2.34. The Kier molecular flexibility index (Phi) is 19.0. The van der Waals surface area contributed by atoms with Gasteiger partial charge in [0.15, 0.2) is 29.2 Å². The van der Waals surface area contributed by atoms with E-state index in [1.54, 1.807) is 109 Å². The molecule has 0 spiro atoms. The van der Waals surface area contributed by atoms with Crippen LogP contribution in [0.4, 0.5) is 28.9 Å². The van der Waals surface area contributed by atoms with Gasteiger partial charge in [-0.15, -0.1) is 20.5 Å². The van der Waals surface area contributed by atoms with Crippen molar-refractivity contribution in [2.75, 3.05) is 16.1 Å². The van der Waals surface area contributed by atoms with Crippen LogP contribution in [-0.2, 0) is 36.3 Å². The summed E-state index contributed by atoms with van der Waals surface area (Å²) in [5, 5.41) is 58.4. The molecule has 25 nitrogen and oxygen atoms in total. The lowest BCUT2D eigenvalue weighted by Gasteiger charge is -2.22. The summed E-state index contributed by atoms with van der Waals surface area (Å²) in [6.45, 7) is 0.533. The normalized spacial score (nSPS) is 14.7. The minimum absolute atomic E-state index is 0.0960. The molecular formula is C59H46BBrF4N16O9S2. The Hall–Kier alpha value is -10.1. The summed E-state index contributed by atoms with van der Waals surface area (Å²) in [7, 11) is -9.83. The first-order chi connectivity index (χ1) is 44.3. The van der Waals surface area contributed by atoms with E-state index in [0.717, 1.165) is 53.8 Å². The van der Waals surface area contributed by atoms with Crippen LogP contribution < -0.4 is 14.9 Å². The fourth-order valence-electron chi connectivity index (χ4n) is 9.68. The highest BCUT2D eigenvalue weighted by Gasteiger charge is 2.31. The van der Waals surface area contributed by atoms with E-state index in [4.69, 9.17) is 14.8 Å². The first-order valence-electron chi connectivity index (χ1n) is 27.6. The van der Waals surface area contributed by atoms with E-state index in [-0.39, 0.29) is 23.2 Å². The van der Waals surface area contributed by atoms with Crippen molar-refractivity contribution in [3.05, 3.63) is 230 Å². The Morgan fingerprint density at radius 1 is 0.630 bits per heavy atom. The average Bonchev–Trinajstić information content (AvgIpc) is 1.57. The Morgan fingerprint density at radius 3 is 1.68 bits per heavy atom. The molecule has 5 N–H and O–H groups in total. The van der Waals surface area contributed by atoms with E-state index in [1.165, 1.54) is 4.68 Å². The van der Waals surface area contributed by atoms with Gasteiger partial charge >= 0.3 is 7.12 Å². The second kappa shape index (κ2) is 27.6. The van der Waals surface area contributed by atoms with Crippen molar-refractivity contribution in [1.29, 1.82) is 0 Å². The molecule has 466 valence electrons. The highest BCUT2D eigenvalue weighted by molar-refractivity contribution is 9.10. The van der Waals surface area contributed by atoms with Crippen LogP contribution in [0.2, 0.25) is 0 Å². The number of pyridine rings is 2. The van der Waals surface area contributed by atoms with Gasteiger partial charge in [0.2, 0.25) is 43.9 Å². The number of H-pyrrole nitrogens is 1. The van der Waals surface area contributed by atoms with Gasteiger partial charge in [-0.2, -0.15) is 10.2 Å². The minimum atomic E-state index is -4.20. The van der Waals surface area contributed by atoms with Crippen LogP contribution in [0.25, 0.3) is 33.2 Å². The molecule has 0 amide bonds. The predicted octanol–water partition coefficient (Wildman–Crippen LogP) is 11.4. The largest absolute Gasteiger partial charge is 0.488 e. The summed E-state index contributed by atoms with van der Waals surface area (Å²) in [6.07, 6.45) is 4.27. The van der Waals surface area contributed by atoms with Crippen molar-refractivity contribution >= 4 is 93.6 Å². The van der Waals surface area contributed by atoms with Gasteiger partial charge in [-0.3, -0.25) is 24.1 Å². The van der Waals surface area contributed by atoms with Crippen molar-refractivity contribution in [3.8, 4) is 11.1 Å². The van der Waals surface area contributed by atoms with Gasteiger partial charge in [0.25, 0.3) is 0 Å². The number of aromatic amines is 1. The van der Waals surface area contributed by atoms with E-state index in [9.17, 15) is 35.2 Å². The maximum atomic E-state index is 15.5. The number of carbonyl (C=O) groups is 2. The third kappa shape index (κ3) is 14.6. The number of ketones is 2. The van der Waals surface area contributed by atoms with Crippen LogP contribution in [0.3, 0.4) is 0 Å². The maximum absolute atomic E-state index is 15.5. The van der Waals surface area contributed by atoms with Crippen LogP contribution in [0.15, 0.2) is 204 Å². The molecule has 13 rings (SSSR count). The molecule has 1 fully saturated rings. The molecule has 1 unspecified atom stereocenters. The Balaban J connectivity index is 0.000000156. The smallest absolute Gasteiger partial charge is 0.423 e. The zero-order valence-electron chi connectivity index (χ0n) is 47.3. The lowest BCUT2D eigenvalue weighted by molar-refractivity contribution is -0.0371. The lowest BCUT2D eigenvalue weighted by Crippen LogP contribution is -2.29. The first kappa shape index (κ1) is 63.5. The lowest BCUT2D eigenvalue weighted by atomic mass is 9.80. The SMILES string of the molecule is O=C(c1ccc(F)c(NS(=O)(=O)Cc2ccccc2)c1F)c1[nH]nc2ncc(-c3ccc(C4N=NN=N4)cc3)cc12.O=C(c1ccc(F)c(NS(=O)(=O)Cc2ccccc2)c1F)c1nn(C2CCCCO2)c2ncc(Br)cc12.OB(O)c1ccc(C2N=NN=N2)cc1. The van der Waals surface area contributed by atoms with Gasteiger partial charge in [-0.05, 0) is 115 Å². The molecule has 1 saturated heterocycles. The standard InChI is InChI=1S/C27H18F2N8O3S.C25H21BrF2N4O4S.C7H7BN4O2/c28-21-11-10-19(22(29)24(21)35-41(39,40)14-15-4-2-1-3-5-15)25(38)23-20-12-18(13-30-27(20)32-31-23)16-6-8-17(9-7-16)26-33-36-37-34-26;26-16-12-18-22(30-32(25(18)29-13-16)20-8-4-5-11-36-20)24(33)17-9-10-19(27)23(21(17)28)31-37(34,35)14-15-6-2-1-3-7-15;13-8(14)6-3-1-5(2-4-6)7-9-11-12-10-7/h1-13,26,35H,14H2,(H,30,31,32);1-3,6-7,9-10,12-13,20,31H,4-5,8,11,14H2;1-4,7,13-14H. The molecule has 10 aromatic rings. The molecule has 3 aliphatic heterocycles. The number of fused-ring (bicyclic) bond motifs is 2. The molecule has 0 saturated carbocycles. The number of anilines is 2. The molecule has 92 heavy (non-hydrogen) atoms. The number of aromatic nitrogens is 6. The number of nitrogens with one attached hydrogen (secondary N) is 3. The van der Waals surface area contributed by atoms with Gasteiger partial charge < -0.3 is 14.8 Å². The number of carbonyl (C=O) groups excluding carboxylic acids is 2. The molecule has 33 heteroatoms. The third-order valence-corrected chi connectivity index (χ3v) is 17.1. The van der Waals surface area contributed by atoms with E-state index in [1.807, 2.05) is 33.7 Å². The van der Waals surface area contributed by atoms with Crippen molar-refractivity contribution in [3.63, 3.8) is 0 Å². The van der Waals surface area contributed by atoms with Gasteiger partial charge in [-0.1, -0.05) is 109 Å². The predicted molar refractivity (Wildman–Crippen MR) is 330 cm³/mol. The van der Waals surface area contributed by atoms with Gasteiger partial charge in [0.05, 0.1) is 33.4 Å². The van der Waals surface area contributed by atoms with E-state index < -0.39 is 108 Å². The number of benzene rings is 6. The summed E-state index contributed by atoms with van der Waals surface area (Å²) in [4.78, 5) is 35.6. The molecule has 0 bridgehead atoms. The molecule has 6 aromatic carbocycles. The molecule has 0 radical (unpaired) electrons. The summed E-state index contributed by atoms with van der Waals surface area (Å²) in [6, 6.07) is 37.1.